The number of amides is 2. The third-order valence-corrected chi connectivity index (χ3v) is 5.18. The number of alkyl halides is 3. The molecule has 0 spiro atoms. The van der Waals surface area contributed by atoms with Gasteiger partial charge in [0.15, 0.2) is 17.6 Å². The Balaban J connectivity index is 1.51. The molecule has 2 amide bonds. The van der Waals surface area contributed by atoms with Gasteiger partial charge in [-0.25, -0.2) is 13.8 Å². The molecule has 2 aliphatic rings. The van der Waals surface area contributed by atoms with Gasteiger partial charge in [-0.1, -0.05) is 0 Å². The molecule has 0 aromatic carbocycles. The third kappa shape index (κ3) is 5.20. The molecular weight excluding hydrogens is 401 g/mol. The summed E-state index contributed by atoms with van der Waals surface area (Å²) in [6.07, 6.45) is -4.16. The number of carbonyl (C=O) groups excluding carboxylic acids is 2. The summed E-state index contributed by atoms with van der Waals surface area (Å²) >= 11 is 0. The minimum Gasteiger partial charge on any atom is -0.365 e. The van der Waals surface area contributed by atoms with Gasteiger partial charge in [0.25, 0.3) is 5.91 Å². The van der Waals surface area contributed by atoms with Gasteiger partial charge in [0.05, 0.1) is 19.3 Å². The van der Waals surface area contributed by atoms with E-state index in [1.165, 1.54) is 4.90 Å². The van der Waals surface area contributed by atoms with Gasteiger partial charge in [-0.15, -0.1) is 0 Å². The third-order valence-electron chi connectivity index (χ3n) is 5.18. The molecule has 1 aliphatic heterocycles. The molecule has 0 radical (unpaired) electrons. The topological polar surface area (TPSA) is 71.5 Å². The van der Waals surface area contributed by atoms with Crippen molar-refractivity contribution < 1.29 is 36.3 Å². The molecule has 1 atom stereocenters. The van der Waals surface area contributed by atoms with Gasteiger partial charge in [0.1, 0.15) is 5.82 Å². The Kier molecular flexibility index (Phi) is 6.35. The molecule has 1 aliphatic carbocycles. The Morgan fingerprint density at radius 2 is 1.86 bits per heavy atom. The van der Waals surface area contributed by atoms with E-state index in [1.807, 2.05) is 0 Å². The van der Waals surface area contributed by atoms with Crippen molar-refractivity contribution >= 4 is 11.8 Å². The lowest BCUT2D eigenvalue weighted by Crippen LogP contribution is -2.53. The second kappa shape index (κ2) is 8.60. The second-order valence-electron chi connectivity index (χ2n) is 7.19. The fraction of sp³-hybridized carbons (Fsp3) is 0.611. The first-order valence-corrected chi connectivity index (χ1v) is 9.24. The van der Waals surface area contributed by atoms with Crippen LogP contribution >= 0.6 is 0 Å². The quantitative estimate of drug-likeness (QED) is 0.762. The number of hydrogen-bond donors (Lipinski definition) is 1. The number of pyridine rings is 1. The van der Waals surface area contributed by atoms with Crippen LogP contribution in [-0.2, 0) is 9.53 Å². The van der Waals surface area contributed by atoms with E-state index in [0.29, 0.717) is 31.7 Å². The molecule has 2 fully saturated rings. The molecular formula is C18H20F5N3O3. The number of nitrogens with zero attached hydrogens (tertiary/aromatic N) is 2. The highest BCUT2D eigenvalue weighted by molar-refractivity contribution is 5.92. The highest BCUT2D eigenvalue weighted by atomic mass is 19.4. The number of hydrogen-bond acceptors (Lipinski definition) is 4. The highest BCUT2D eigenvalue weighted by Crippen LogP contribution is 2.30. The van der Waals surface area contributed by atoms with Gasteiger partial charge in [-0.2, -0.15) is 13.2 Å². The van der Waals surface area contributed by atoms with E-state index in [4.69, 9.17) is 4.74 Å². The van der Waals surface area contributed by atoms with Crippen molar-refractivity contribution in [3.05, 3.63) is 29.6 Å². The van der Waals surface area contributed by atoms with Gasteiger partial charge in [-0.3, -0.25) is 9.59 Å². The van der Waals surface area contributed by atoms with Crippen molar-refractivity contribution in [1.82, 2.24) is 15.2 Å². The summed E-state index contributed by atoms with van der Waals surface area (Å²) in [5, 5.41) is 2.60. The number of ether oxygens (including phenoxy) is 1. The number of nitrogens with one attached hydrogen (secondary N) is 1. The van der Waals surface area contributed by atoms with E-state index in [-0.39, 0.29) is 25.1 Å². The lowest BCUT2D eigenvalue weighted by molar-refractivity contribution is -0.236. The van der Waals surface area contributed by atoms with Gasteiger partial charge in [0.2, 0.25) is 5.91 Å². The molecule has 1 unspecified atom stereocenters. The summed E-state index contributed by atoms with van der Waals surface area (Å²) in [4.78, 5) is 29.3. The van der Waals surface area contributed by atoms with Crippen LogP contribution in [0.3, 0.4) is 0 Å². The van der Waals surface area contributed by atoms with Crippen LogP contribution in [0.5, 0.6) is 0 Å². The van der Waals surface area contributed by atoms with Crippen molar-refractivity contribution in [3.63, 3.8) is 0 Å². The van der Waals surface area contributed by atoms with Crippen molar-refractivity contribution in [2.45, 2.75) is 44.0 Å². The average Bonchev–Trinajstić information content (AvgIpc) is 2.67. The zero-order chi connectivity index (χ0) is 21.2. The average molecular weight is 421 g/mol. The maximum Gasteiger partial charge on any atom is 0.416 e. The number of rotatable bonds is 3. The Morgan fingerprint density at radius 3 is 2.48 bits per heavy atom. The standard InChI is InChI=1S/C18H20F5N3O3/c19-11-7-13(20)15(24-8-11)16(27)25-12-3-1-10(2-4-12)17(28)26-5-6-29-14(9-26)18(21,22)23/h7-8,10,12,14H,1-6,9H2,(H,25,27). The predicted octanol–water partition coefficient (Wildman–Crippen LogP) is 2.44. The number of aromatic nitrogens is 1. The summed E-state index contributed by atoms with van der Waals surface area (Å²) in [5.74, 6) is -3.53. The molecule has 0 bridgehead atoms. The lowest BCUT2D eigenvalue weighted by Gasteiger charge is -2.37. The van der Waals surface area contributed by atoms with E-state index < -0.39 is 48.0 Å². The molecule has 1 aromatic heterocycles. The predicted molar refractivity (Wildman–Crippen MR) is 89.7 cm³/mol. The van der Waals surface area contributed by atoms with Crippen LogP contribution in [0.2, 0.25) is 0 Å². The first-order valence-electron chi connectivity index (χ1n) is 9.24. The van der Waals surface area contributed by atoms with Crippen molar-refractivity contribution in [2.75, 3.05) is 19.7 Å². The molecule has 2 heterocycles. The SMILES string of the molecule is O=C(NC1CCC(C(=O)N2CCOC(C(F)(F)F)C2)CC1)c1ncc(F)cc1F. The minimum atomic E-state index is -4.52. The van der Waals surface area contributed by atoms with E-state index in [2.05, 4.69) is 10.3 Å². The first-order chi connectivity index (χ1) is 13.6. The molecule has 29 heavy (non-hydrogen) atoms. The van der Waals surface area contributed by atoms with E-state index in [9.17, 15) is 31.5 Å². The number of morpholine rings is 1. The molecule has 160 valence electrons. The maximum atomic E-state index is 13.6. The first kappa shape index (κ1) is 21.4. The fourth-order valence-corrected chi connectivity index (χ4v) is 3.63. The zero-order valence-corrected chi connectivity index (χ0v) is 15.3. The van der Waals surface area contributed by atoms with Crippen LogP contribution in [-0.4, -0.2) is 59.7 Å². The van der Waals surface area contributed by atoms with Crippen molar-refractivity contribution in [3.8, 4) is 0 Å². The minimum absolute atomic E-state index is 0.109. The molecule has 1 saturated carbocycles. The maximum absolute atomic E-state index is 13.6. The Morgan fingerprint density at radius 1 is 1.17 bits per heavy atom. The van der Waals surface area contributed by atoms with Gasteiger partial charge < -0.3 is 15.0 Å². The highest BCUT2D eigenvalue weighted by Gasteiger charge is 2.45. The van der Waals surface area contributed by atoms with Gasteiger partial charge >= 0.3 is 6.18 Å². The molecule has 1 N–H and O–H groups in total. The summed E-state index contributed by atoms with van der Waals surface area (Å²) in [5.41, 5.74) is -0.517. The van der Waals surface area contributed by atoms with Crippen LogP contribution in [0.1, 0.15) is 36.2 Å². The largest absolute Gasteiger partial charge is 0.416 e. The summed E-state index contributed by atoms with van der Waals surface area (Å²) < 4.78 is 69.7. The Bertz CT molecular complexity index is 766. The lowest BCUT2D eigenvalue weighted by atomic mass is 9.85. The van der Waals surface area contributed by atoms with Crippen LogP contribution in [0.25, 0.3) is 0 Å². The van der Waals surface area contributed by atoms with Gasteiger partial charge in [-0.05, 0) is 25.7 Å². The molecule has 6 nitrogen and oxygen atoms in total. The van der Waals surface area contributed by atoms with E-state index in [0.717, 1.165) is 6.20 Å². The number of halogens is 5. The molecule has 11 heteroatoms. The Hall–Kier alpha value is -2.30. The zero-order valence-electron chi connectivity index (χ0n) is 15.3. The number of carbonyl (C=O) groups is 2. The summed E-state index contributed by atoms with van der Waals surface area (Å²) in [7, 11) is 0. The summed E-state index contributed by atoms with van der Waals surface area (Å²) in [6, 6.07) is 0.235. The molecule has 1 saturated heterocycles. The fourth-order valence-electron chi connectivity index (χ4n) is 3.63. The normalized spacial score (nSPS) is 25.6. The van der Waals surface area contributed by atoms with E-state index in [1.54, 1.807) is 0 Å². The molecule has 1 aromatic rings. The monoisotopic (exact) mass is 421 g/mol. The second-order valence-corrected chi connectivity index (χ2v) is 7.19. The Labute approximate surface area is 163 Å². The van der Waals surface area contributed by atoms with Crippen LogP contribution in [0.4, 0.5) is 22.0 Å². The smallest absolute Gasteiger partial charge is 0.365 e. The van der Waals surface area contributed by atoms with Crippen LogP contribution in [0, 0.1) is 17.6 Å². The summed E-state index contributed by atoms with van der Waals surface area (Å²) in [6.45, 7) is -0.580. The van der Waals surface area contributed by atoms with Crippen molar-refractivity contribution in [1.29, 1.82) is 0 Å². The van der Waals surface area contributed by atoms with Gasteiger partial charge in [0, 0.05) is 24.6 Å². The van der Waals surface area contributed by atoms with Crippen LogP contribution in [0.15, 0.2) is 12.3 Å². The van der Waals surface area contributed by atoms with E-state index >= 15 is 0 Å². The van der Waals surface area contributed by atoms with Crippen molar-refractivity contribution in [2.24, 2.45) is 5.92 Å². The van der Waals surface area contributed by atoms with Crippen LogP contribution < -0.4 is 5.32 Å². The molecule has 3 rings (SSSR count).